The monoisotopic (exact) mass is 906 g/mol. The van der Waals surface area contributed by atoms with E-state index in [1.165, 1.54) is 10.6 Å². The molecule has 1 unspecified atom stereocenters. The van der Waals surface area contributed by atoms with Gasteiger partial charge in [-0.25, -0.2) is 23.2 Å². The van der Waals surface area contributed by atoms with Gasteiger partial charge in [0.1, 0.15) is 17.4 Å². The number of likely N-dealkylation sites (N-methyl/N-ethyl adjacent to an activating group) is 1. The molecule has 1 saturated heterocycles. The fourth-order valence-electron chi connectivity index (χ4n) is 7.87. The first-order valence-corrected chi connectivity index (χ1v) is 23.5. The Morgan fingerprint density at radius 1 is 0.938 bits per heavy atom. The maximum atomic E-state index is 13.2. The van der Waals surface area contributed by atoms with Crippen molar-refractivity contribution in [2.24, 2.45) is 7.05 Å². The minimum absolute atomic E-state index is 0.0804. The fraction of sp³-hybridized carbons (Fsp3) is 0.391. The molecule has 18 nitrogen and oxygen atoms in total. The topological polar surface area (TPSA) is 222 Å². The van der Waals surface area contributed by atoms with Gasteiger partial charge in [0.2, 0.25) is 11.8 Å². The summed E-state index contributed by atoms with van der Waals surface area (Å²) in [7, 11) is 0.189. The molecule has 1 aliphatic rings. The van der Waals surface area contributed by atoms with Gasteiger partial charge in [0, 0.05) is 70.3 Å². The molecule has 0 bridgehead atoms. The lowest BCUT2D eigenvalue weighted by atomic mass is 10.0. The number of hydrogen-bond acceptors (Lipinski definition) is 14. The molecule has 19 heteroatoms. The van der Waals surface area contributed by atoms with E-state index in [0.29, 0.717) is 93.1 Å². The van der Waals surface area contributed by atoms with Crippen LogP contribution in [0.3, 0.4) is 0 Å². The predicted octanol–water partition coefficient (Wildman–Crippen LogP) is 3.31. The number of para-hydroxylation sites is 1. The maximum absolute atomic E-state index is 13.2. The Hall–Kier alpha value is -6.41. The number of imide groups is 1. The highest BCUT2D eigenvalue weighted by Gasteiger charge is 2.31. The molecule has 3 N–H and O–H groups in total. The Balaban J connectivity index is 0.805. The molecule has 3 amide bonds. The maximum Gasteiger partial charge on any atom is 0.329 e. The number of aromatic nitrogens is 6. The van der Waals surface area contributed by atoms with E-state index >= 15 is 0 Å². The minimum Gasteiger partial charge on any atom is -0.379 e. The molecule has 2 aromatic carbocycles. The number of fused-ring (bicyclic) bond motifs is 2. The first kappa shape index (κ1) is 46.6. The van der Waals surface area contributed by atoms with E-state index in [4.69, 9.17) is 14.5 Å². The Labute approximate surface area is 376 Å². The number of pyridine rings is 2. The summed E-state index contributed by atoms with van der Waals surface area (Å²) in [6.45, 7) is 6.04. The Kier molecular flexibility index (Phi) is 15.1. The van der Waals surface area contributed by atoms with Crippen LogP contribution in [0.2, 0.25) is 0 Å². The van der Waals surface area contributed by atoms with Gasteiger partial charge in [-0.1, -0.05) is 25.1 Å². The Morgan fingerprint density at radius 3 is 2.54 bits per heavy atom. The zero-order valence-corrected chi connectivity index (χ0v) is 37.8. The highest BCUT2D eigenvalue weighted by atomic mass is 32.2. The molecule has 1 aliphatic heterocycles. The van der Waals surface area contributed by atoms with Gasteiger partial charge >= 0.3 is 5.69 Å². The third-order valence-corrected chi connectivity index (χ3v) is 12.5. The van der Waals surface area contributed by atoms with Gasteiger partial charge in [0.25, 0.3) is 5.91 Å². The molecule has 7 rings (SSSR count). The van der Waals surface area contributed by atoms with E-state index in [2.05, 4.69) is 36.0 Å². The third-order valence-electron chi connectivity index (χ3n) is 11.3. The summed E-state index contributed by atoms with van der Waals surface area (Å²) in [5.74, 6) is -0.401. The number of imidazole rings is 1. The number of carbonyl (C=O) groups is 3. The third kappa shape index (κ3) is 11.3. The zero-order valence-electron chi connectivity index (χ0n) is 37.0. The molecular formula is C46H54N10O8S. The first-order valence-electron chi connectivity index (χ1n) is 21.6. The van der Waals surface area contributed by atoms with Gasteiger partial charge in [-0.05, 0) is 85.3 Å². The van der Waals surface area contributed by atoms with Crippen molar-refractivity contribution in [3.63, 3.8) is 0 Å². The number of aryl methyl sites for hydroxylation is 3. The molecule has 6 aromatic rings. The van der Waals surface area contributed by atoms with Crippen LogP contribution in [-0.4, -0.2) is 115 Å². The van der Waals surface area contributed by atoms with Gasteiger partial charge in [-0.3, -0.25) is 28.8 Å². The molecule has 342 valence electrons. The van der Waals surface area contributed by atoms with Crippen molar-refractivity contribution in [2.75, 3.05) is 64.3 Å². The quantitative estimate of drug-likeness (QED) is 0.0697. The summed E-state index contributed by atoms with van der Waals surface area (Å²) in [5, 5.41) is 17.1. The smallest absolute Gasteiger partial charge is 0.329 e. The summed E-state index contributed by atoms with van der Waals surface area (Å²) < 4.78 is 39.2. The van der Waals surface area contributed by atoms with Crippen LogP contribution in [0.15, 0.2) is 82.6 Å². The van der Waals surface area contributed by atoms with Crippen LogP contribution < -0.4 is 26.5 Å². The number of carbonyl (C=O) groups excluding carboxylic acids is 3. The van der Waals surface area contributed by atoms with Crippen LogP contribution in [0.5, 0.6) is 0 Å². The van der Waals surface area contributed by atoms with E-state index < -0.39 is 27.7 Å². The van der Waals surface area contributed by atoms with E-state index in [1.54, 1.807) is 36.0 Å². The van der Waals surface area contributed by atoms with Crippen molar-refractivity contribution in [3.05, 3.63) is 106 Å². The molecular weight excluding hydrogens is 853 g/mol. The van der Waals surface area contributed by atoms with Crippen molar-refractivity contribution in [2.45, 2.75) is 56.5 Å². The van der Waals surface area contributed by atoms with Crippen LogP contribution in [0, 0.1) is 0 Å². The summed E-state index contributed by atoms with van der Waals surface area (Å²) in [5.41, 5.74) is 6.40. The summed E-state index contributed by atoms with van der Waals surface area (Å²) in [6.07, 6.45) is 5.35. The average molecular weight is 907 g/mol. The van der Waals surface area contributed by atoms with Crippen LogP contribution in [0.4, 0.5) is 5.82 Å². The number of piperidine rings is 1. The normalized spacial score (nSPS) is 14.2. The lowest BCUT2D eigenvalue weighted by Crippen LogP contribution is -2.44. The number of ether oxygens (including phenoxy) is 2. The van der Waals surface area contributed by atoms with Crippen LogP contribution in [0.25, 0.3) is 33.3 Å². The summed E-state index contributed by atoms with van der Waals surface area (Å²) >= 11 is 0. The van der Waals surface area contributed by atoms with E-state index in [0.717, 1.165) is 40.8 Å². The minimum atomic E-state index is -3.49. The number of hydrogen-bond donors (Lipinski definition) is 3. The number of nitrogens with one attached hydrogen (secondary N) is 3. The highest BCUT2D eigenvalue weighted by Crippen LogP contribution is 2.27. The lowest BCUT2D eigenvalue weighted by Gasteiger charge is -2.21. The Bertz CT molecular complexity index is 2880. The van der Waals surface area contributed by atoms with Crippen LogP contribution in [0.1, 0.15) is 59.4 Å². The molecule has 0 aliphatic carbocycles. The van der Waals surface area contributed by atoms with Gasteiger partial charge in [0.05, 0.1) is 59.2 Å². The lowest BCUT2D eigenvalue weighted by molar-refractivity contribution is -0.135. The average Bonchev–Trinajstić information content (AvgIpc) is 3.56. The molecule has 5 heterocycles. The predicted molar refractivity (Wildman–Crippen MR) is 245 cm³/mol. The SMILES string of the molecule is CCc1ccc(C(=O)NCc2cc3nc(-c4ccnc(N(C)CCNCCOCCOCCCc5cccc6c5n(C)c(=O)n6C5CCC(=O)NC5=O)c4)ccc3nn2)cc1S(C)(=O)=O. The Morgan fingerprint density at radius 2 is 1.75 bits per heavy atom. The second-order valence-corrected chi connectivity index (χ2v) is 17.9. The van der Waals surface area contributed by atoms with Crippen LogP contribution >= 0.6 is 0 Å². The molecule has 65 heavy (non-hydrogen) atoms. The largest absolute Gasteiger partial charge is 0.379 e. The number of rotatable bonds is 21. The number of anilines is 1. The molecule has 1 atom stereocenters. The molecule has 0 spiro atoms. The number of nitrogens with zero attached hydrogens (tertiary/aromatic N) is 7. The highest BCUT2D eigenvalue weighted by molar-refractivity contribution is 7.90. The molecule has 0 radical (unpaired) electrons. The van der Waals surface area contributed by atoms with Gasteiger partial charge in [0.15, 0.2) is 9.84 Å². The van der Waals surface area contributed by atoms with Gasteiger partial charge < -0.3 is 25.0 Å². The molecule has 4 aromatic heterocycles. The fourth-order valence-corrected chi connectivity index (χ4v) is 8.90. The standard InChI is InChI=1S/C46H54N10O8S/c1-5-30-11-12-33(26-40(30)65(4,61)62)44(58)49-29-34-28-37-36(53-52-34)14-13-35(50-37)32-17-18-48-41(27-32)54(2)21-19-47-20-23-64-25-24-63-22-7-9-31-8-6-10-38-43(31)55(3)46(60)56(38)39-15-16-42(57)51-45(39)59/h6,8,10-14,17-18,26-28,39,47H,5,7,9,15-16,19-25,29H2,1-4H3,(H,49,58)(H,51,57,59). The van der Waals surface area contributed by atoms with Crippen molar-refractivity contribution in [1.82, 2.24) is 45.2 Å². The summed E-state index contributed by atoms with van der Waals surface area (Å²) in [6, 6.07) is 19.1. The van der Waals surface area contributed by atoms with Crippen LogP contribution in [-0.2, 0) is 55.3 Å². The molecule has 1 fully saturated rings. The van der Waals surface area contributed by atoms with Gasteiger partial charge in [-0.15, -0.1) is 5.10 Å². The van der Waals surface area contributed by atoms with E-state index in [-0.39, 0.29) is 35.0 Å². The molecule has 0 saturated carbocycles. The van der Waals surface area contributed by atoms with Crippen molar-refractivity contribution in [1.29, 1.82) is 0 Å². The van der Waals surface area contributed by atoms with Crippen molar-refractivity contribution in [3.8, 4) is 11.3 Å². The number of sulfone groups is 1. The second kappa shape index (κ2) is 21.1. The van der Waals surface area contributed by atoms with Gasteiger partial charge in [-0.2, -0.15) is 5.10 Å². The number of amides is 3. The van der Waals surface area contributed by atoms with Crippen molar-refractivity contribution < 1.29 is 32.3 Å². The second-order valence-electron chi connectivity index (χ2n) is 15.9. The summed E-state index contributed by atoms with van der Waals surface area (Å²) in [4.78, 5) is 62.0. The van der Waals surface area contributed by atoms with E-state index in [1.807, 2.05) is 56.4 Å². The first-order chi connectivity index (χ1) is 31.3. The van der Waals surface area contributed by atoms with Crippen molar-refractivity contribution >= 4 is 55.4 Å². The van der Waals surface area contributed by atoms with E-state index in [9.17, 15) is 27.6 Å². The zero-order chi connectivity index (χ0) is 46.1. The number of benzene rings is 2.